The lowest BCUT2D eigenvalue weighted by molar-refractivity contribution is -0.110. The summed E-state index contributed by atoms with van der Waals surface area (Å²) in [4.78, 5) is 12.7. The van der Waals surface area contributed by atoms with Gasteiger partial charge in [0.15, 0.2) is 0 Å². The first-order valence-corrected chi connectivity index (χ1v) is 12.9. The first-order valence-electron chi connectivity index (χ1n) is 12.9. The molecule has 1 aliphatic rings. The maximum absolute atomic E-state index is 10.5. The number of aliphatic hydroxyl groups is 1. The fourth-order valence-electron chi connectivity index (χ4n) is 4.35. The van der Waals surface area contributed by atoms with E-state index in [0.29, 0.717) is 19.2 Å². The number of β-amino-alcohol motifs (C(OH)–C–C–N with tert-alkyl or cyclic N) is 1. The average Bonchev–Trinajstić information content (AvgIpc) is 2.75. The highest BCUT2D eigenvalue weighted by Crippen LogP contribution is 2.13. The summed E-state index contributed by atoms with van der Waals surface area (Å²) < 4.78 is 5.67. The van der Waals surface area contributed by atoms with Gasteiger partial charge in [0.05, 0.1) is 12.7 Å². The van der Waals surface area contributed by atoms with Crippen LogP contribution in [0.25, 0.3) is 0 Å². The van der Waals surface area contributed by atoms with Gasteiger partial charge in [-0.3, -0.25) is 4.79 Å². The van der Waals surface area contributed by atoms with E-state index in [4.69, 9.17) is 4.74 Å². The molecule has 0 aromatic rings. The monoisotopic (exact) mass is 426 g/mol. The standard InChI is InChI=1S/C25H50N2O3/c1-2-3-4-5-6-7-8-9-10-11-12-13-14-15-20-30-22-25(29)21-27-18-16-24(17-19-27)26-23-28/h23-25,29H,2-22H2,1H3,(H,26,28). The van der Waals surface area contributed by atoms with Gasteiger partial charge in [-0.15, -0.1) is 0 Å². The lowest BCUT2D eigenvalue weighted by atomic mass is 10.0. The normalized spacial score (nSPS) is 16.6. The predicted octanol–water partition coefficient (Wildman–Crippen LogP) is 5.06. The summed E-state index contributed by atoms with van der Waals surface area (Å²) in [6, 6.07) is 0.299. The van der Waals surface area contributed by atoms with Gasteiger partial charge in [0, 0.05) is 32.3 Å². The van der Waals surface area contributed by atoms with Crippen molar-refractivity contribution in [1.29, 1.82) is 0 Å². The van der Waals surface area contributed by atoms with Crippen molar-refractivity contribution in [3.05, 3.63) is 0 Å². The molecule has 5 heteroatoms. The van der Waals surface area contributed by atoms with Gasteiger partial charge >= 0.3 is 0 Å². The highest BCUT2D eigenvalue weighted by Gasteiger charge is 2.20. The number of ether oxygens (including phenoxy) is 1. The summed E-state index contributed by atoms with van der Waals surface area (Å²) in [6.45, 7) is 6.02. The maximum atomic E-state index is 10.5. The van der Waals surface area contributed by atoms with Crippen molar-refractivity contribution in [3.8, 4) is 0 Å². The first-order chi connectivity index (χ1) is 14.8. The first kappa shape index (κ1) is 27.4. The van der Waals surface area contributed by atoms with Crippen LogP contribution in [0.1, 0.15) is 110 Å². The van der Waals surface area contributed by atoms with Crippen molar-refractivity contribution in [2.24, 2.45) is 0 Å². The number of amides is 1. The number of nitrogens with one attached hydrogen (secondary N) is 1. The maximum Gasteiger partial charge on any atom is 0.207 e. The molecule has 1 amide bonds. The number of carbonyl (C=O) groups is 1. The Hall–Kier alpha value is -0.650. The van der Waals surface area contributed by atoms with Crippen LogP contribution in [0.15, 0.2) is 0 Å². The zero-order valence-electron chi connectivity index (χ0n) is 19.8. The van der Waals surface area contributed by atoms with Crippen LogP contribution < -0.4 is 5.32 Å². The Balaban J connectivity index is 1.77. The molecule has 1 aliphatic heterocycles. The molecule has 0 aromatic heterocycles. The lowest BCUT2D eigenvalue weighted by Gasteiger charge is -2.32. The zero-order chi connectivity index (χ0) is 21.7. The Morgan fingerprint density at radius 1 is 0.900 bits per heavy atom. The van der Waals surface area contributed by atoms with Gasteiger partial charge in [-0.1, -0.05) is 90.4 Å². The summed E-state index contributed by atoms with van der Waals surface area (Å²) in [5.41, 5.74) is 0. The smallest absolute Gasteiger partial charge is 0.207 e. The molecule has 0 spiro atoms. The molecular formula is C25H50N2O3. The Morgan fingerprint density at radius 3 is 1.90 bits per heavy atom. The number of nitrogens with zero attached hydrogens (tertiary/aromatic N) is 1. The van der Waals surface area contributed by atoms with Crippen LogP contribution >= 0.6 is 0 Å². The lowest BCUT2D eigenvalue weighted by Crippen LogP contribution is -2.45. The molecule has 0 bridgehead atoms. The van der Waals surface area contributed by atoms with Gasteiger partial charge in [-0.2, -0.15) is 0 Å². The highest BCUT2D eigenvalue weighted by molar-refractivity contribution is 5.46. The van der Waals surface area contributed by atoms with E-state index in [-0.39, 0.29) is 0 Å². The molecule has 178 valence electrons. The van der Waals surface area contributed by atoms with Crippen molar-refractivity contribution in [2.75, 3.05) is 32.8 Å². The van der Waals surface area contributed by atoms with Crippen LogP contribution in [0.4, 0.5) is 0 Å². The van der Waals surface area contributed by atoms with Crippen LogP contribution in [0.3, 0.4) is 0 Å². The van der Waals surface area contributed by atoms with E-state index in [1.54, 1.807) is 0 Å². The van der Waals surface area contributed by atoms with E-state index in [0.717, 1.165) is 45.4 Å². The predicted molar refractivity (Wildman–Crippen MR) is 126 cm³/mol. The van der Waals surface area contributed by atoms with Gasteiger partial charge < -0.3 is 20.1 Å². The third-order valence-corrected chi connectivity index (χ3v) is 6.31. The number of carbonyl (C=O) groups excluding carboxylic acids is 1. The molecule has 1 rings (SSSR count). The quantitative estimate of drug-likeness (QED) is 0.199. The number of likely N-dealkylation sites (tertiary alicyclic amines) is 1. The number of aliphatic hydroxyl groups excluding tert-OH is 1. The van der Waals surface area contributed by atoms with Crippen LogP contribution in [-0.4, -0.2) is 61.4 Å². The largest absolute Gasteiger partial charge is 0.389 e. The van der Waals surface area contributed by atoms with Crippen molar-refractivity contribution in [3.63, 3.8) is 0 Å². The number of rotatable bonds is 21. The summed E-state index contributed by atoms with van der Waals surface area (Å²) >= 11 is 0. The fourth-order valence-corrected chi connectivity index (χ4v) is 4.35. The van der Waals surface area contributed by atoms with Crippen LogP contribution in [-0.2, 0) is 9.53 Å². The minimum Gasteiger partial charge on any atom is -0.389 e. The van der Waals surface area contributed by atoms with E-state index in [1.165, 1.54) is 83.5 Å². The second-order valence-electron chi connectivity index (χ2n) is 9.18. The van der Waals surface area contributed by atoms with Crippen LogP contribution in [0, 0.1) is 0 Å². The summed E-state index contributed by atoms with van der Waals surface area (Å²) in [6.07, 6.45) is 21.4. The Bertz CT molecular complexity index is 373. The number of hydrogen-bond donors (Lipinski definition) is 2. The molecule has 0 aromatic carbocycles. The topological polar surface area (TPSA) is 61.8 Å². The second-order valence-corrected chi connectivity index (χ2v) is 9.18. The average molecular weight is 427 g/mol. The van der Waals surface area contributed by atoms with Gasteiger partial charge in [0.1, 0.15) is 0 Å². The number of piperidine rings is 1. The zero-order valence-corrected chi connectivity index (χ0v) is 19.8. The molecule has 0 radical (unpaired) electrons. The van der Waals surface area contributed by atoms with E-state index in [1.807, 2.05) is 0 Å². The number of hydrogen-bond acceptors (Lipinski definition) is 4. The van der Waals surface area contributed by atoms with Gasteiger partial charge in [-0.25, -0.2) is 0 Å². The Kier molecular flexibility index (Phi) is 18.5. The molecule has 0 saturated carbocycles. The van der Waals surface area contributed by atoms with Gasteiger partial charge in [0.2, 0.25) is 6.41 Å². The van der Waals surface area contributed by atoms with Crippen molar-refractivity contribution in [1.82, 2.24) is 10.2 Å². The second kappa shape index (κ2) is 20.3. The Morgan fingerprint density at radius 2 is 1.40 bits per heavy atom. The van der Waals surface area contributed by atoms with Crippen LogP contribution in [0.5, 0.6) is 0 Å². The van der Waals surface area contributed by atoms with Crippen LogP contribution in [0.2, 0.25) is 0 Å². The van der Waals surface area contributed by atoms with Crippen molar-refractivity contribution < 1.29 is 14.6 Å². The van der Waals surface area contributed by atoms with Gasteiger partial charge in [-0.05, 0) is 19.3 Å². The molecule has 1 saturated heterocycles. The molecule has 1 unspecified atom stereocenters. The molecule has 1 fully saturated rings. The van der Waals surface area contributed by atoms with Crippen molar-refractivity contribution in [2.45, 2.75) is 122 Å². The van der Waals surface area contributed by atoms with Gasteiger partial charge in [0.25, 0.3) is 0 Å². The minimum absolute atomic E-state index is 0.299. The molecule has 0 aliphatic carbocycles. The van der Waals surface area contributed by atoms with E-state index < -0.39 is 6.10 Å². The molecule has 1 atom stereocenters. The van der Waals surface area contributed by atoms with E-state index in [9.17, 15) is 9.90 Å². The highest BCUT2D eigenvalue weighted by atomic mass is 16.5. The summed E-state index contributed by atoms with van der Waals surface area (Å²) in [5.74, 6) is 0. The molecule has 5 nitrogen and oxygen atoms in total. The molecule has 30 heavy (non-hydrogen) atoms. The third-order valence-electron chi connectivity index (χ3n) is 6.31. The van der Waals surface area contributed by atoms with E-state index in [2.05, 4.69) is 17.1 Å². The summed E-state index contributed by atoms with van der Waals surface area (Å²) in [5, 5.41) is 13.0. The Labute approximate surface area is 186 Å². The minimum atomic E-state index is -0.410. The summed E-state index contributed by atoms with van der Waals surface area (Å²) in [7, 11) is 0. The molecule has 2 N–H and O–H groups in total. The third kappa shape index (κ3) is 16.1. The van der Waals surface area contributed by atoms with E-state index >= 15 is 0 Å². The SMILES string of the molecule is CCCCCCCCCCCCCCCCOCC(O)CN1CCC(NC=O)CC1. The number of unbranched alkanes of at least 4 members (excludes halogenated alkanes) is 13. The molecular weight excluding hydrogens is 376 g/mol. The van der Waals surface area contributed by atoms with Crippen molar-refractivity contribution >= 4 is 6.41 Å². The fraction of sp³-hybridized carbons (Fsp3) is 0.960. The molecule has 1 heterocycles.